The van der Waals surface area contributed by atoms with Gasteiger partial charge in [-0.2, -0.15) is 0 Å². The van der Waals surface area contributed by atoms with Crippen LogP contribution in [0.4, 0.5) is 4.79 Å². The van der Waals surface area contributed by atoms with E-state index >= 15 is 0 Å². The first-order chi connectivity index (χ1) is 19.5. The number of esters is 1. The average molecular weight is 592 g/mol. The summed E-state index contributed by atoms with van der Waals surface area (Å²) in [6.07, 6.45) is 2.50. The molecular formula is C31H45NO10. The van der Waals surface area contributed by atoms with Crippen molar-refractivity contribution in [3.63, 3.8) is 0 Å². The summed E-state index contributed by atoms with van der Waals surface area (Å²) in [4.78, 5) is 52.4. The van der Waals surface area contributed by atoms with Gasteiger partial charge in [-0.15, -0.1) is 10.1 Å². The smallest absolute Gasteiger partial charge is 0.508 e. The van der Waals surface area contributed by atoms with Crippen LogP contribution >= 0.6 is 0 Å². The molecule has 4 atom stereocenters. The minimum absolute atomic E-state index is 0.00367. The number of fused-ring (bicyclic) bond motifs is 2. The summed E-state index contributed by atoms with van der Waals surface area (Å²) in [6.45, 7) is 13.0. The summed E-state index contributed by atoms with van der Waals surface area (Å²) < 4.78 is 16.0. The number of unbranched alkanes of at least 4 members (excludes halogenated alkanes) is 3. The summed E-state index contributed by atoms with van der Waals surface area (Å²) in [5.74, 6) is -0.894. The summed E-state index contributed by atoms with van der Waals surface area (Å²) in [6, 6.07) is 3.42. The Labute approximate surface area is 247 Å². The van der Waals surface area contributed by atoms with Crippen molar-refractivity contribution in [2.45, 2.75) is 111 Å². The predicted octanol–water partition coefficient (Wildman–Crippen LogP) is 6.61. The molecule has 3 fully saturated rings. The first-order valence-electron chi connectivity index (χ1n) is 14.8. The third-order valence-corrected chi connectivity index (χ3v) is 9.01. The van der Waals surface area contributed by atoms with E-state index in [-0.39, 0.29) is 53.5 Å². The number of ketones is 1. The van der Waals surface area contributed by atoms with Crippen LogP contribution in [0.2, 0.25) is 0 Å². The zero-order valence-electron chi connectivity index (χ0n) is 25.8. The molecule has 4 rings (SSSR count). The molecule has 234 valence electrons. The van der Waals surface area contributed by atoms with Crippen LogP contribution in [0, 0.1) is 33.3 Å². The standard InChI is InChI=1S/C31H45NO10/c1-18(2)28(35)40-19(3)41-29(36)42-26-15-20(30(4,5)12-10-8-9-11-13-39-32(37)38)14-25(34)27(26)21-16-24(33)23-17-22(21)31(23,6)7/h14-15,18-19,21-23,34H,8-13,16-17H2,1-7H3/t19?,21-,22+,23+/m1/s1. The number of nitrogens with zero attached hydrogens (tertiary/aromatic N) is 1. The van der Waals surface area contributed by atoms with Gasteiger partial charge < -0.3 is 24.2 Å². The fraction of sp³-hybridized carbons (Fsp3) is 0.710. The molecule has 1 aromatic carbocycles. The van der Waals surface area contributed by atoms with Crippen molar-refractivity contribution >= 4 is 17.9 Å². The van der Waals surface area contributed by atoms with Crippen LogP contribution in [0.15, 0.2) is 12.1 Å². The Morgan fingerprint density at radius 2 is 1.79 bits per heavy atom. The lowest BCUT2D eigenvalue weighted by atomic mass is 9.44. The Morgan fingerprint density at radius 1 is 1.12 bits per heavy atom. The third-order valence-electron chi connectivity index (χ3n) is 9.01. The zero-order valence-corrected chi connectivity index (χ0v) is 25.8. The molecule has 3 aliphatic carbocycles. The maximum Gasteiger partial charge on any atom is 0.516 e. The lowest BCUT2D eigenvalue weighted by Crippen LogP contribution is -2.56. The summed E-state index contributed by atoms with van der Waals surface area (Å²) in [7, 11) is 0. The quantitative estimate of drug-likeness (QED) is 0.0625. The zero-order chi connectivity index (χ0) is 31.4. The van der Waals surface area contributed by atoms with Crippen molar-refractivity contribution in [3.05, 3.63) is 33.4 Å². The number of phenols is 1. The Hall–Kier alpha value is -3.37. The molecule has 3 saturated carbocycles. The van der Waals surface area contributed by atoms with E-state index in [1.54, 1.807) is 26.0 Å². The fourth-order valence-corrected chi connectivity index (χ4v) is 6.33. The van der Waals surface area contributed by atoms with E-state index in [1.165, 1.54) is 6.92 Å². The van der Waals surface area contributed by atoms with E-state index < -0.39 is 34.8 Å². The number of ether oxygens (including phenoxy) is 3. The highest BCUT2D eigenvalue weighted by Gasteiger charge is 2.59. The number of carbonyl (C=O) groups excluding carboxylic acids is 3. The molecule has 0 radical (unpaired) electrons. The van der Waals surface area contributed by atoms with Gasteiger partial charge in [0.15, 0.2) is 0 Å². The minimum atomic E-state index is -1.18. The number of Topliss-reactive ketones (excluding diaryl/α,β-unsaturated/α-hetero) is 1. The van der Waals surface area contributed by atoms with Crippen molar-refractivity contribution < 1.29 is 43.6 Å². The SMILES string of the molecule is CC(OC(=O)Oc1cc(C(C)(C)CCCCCCO[N+](=O)[O-])cc(O)c1[C@@H]1CC(=O)[C@@H]2C[C@@H]1C2(C)C)OC(=O)C(C)C. The molecule has 0 saturated heterocycles. The van der Waals surface area contributed by atoms with E-state index in [0.29, 0.717) is 12.0 Å². The van der Waals surface area contributed by atoms with Crippen molar-refractivity contribution in [3.8, 4) is 11.5 Å². The molecule has 1 N–H and O–H groups in total. The van der Waals surface area contributed by atoms with Crippen molar-refractivity contribution in [1.82, 2.24) is 0 Å². The molecule has 0 spiro atoms. The molecular weight excluding hydrogens is 546 g/mol. The second-order valence-corrected chi connectivity index (χ2v) is 13.1. The van der Waals surface area contributed by atoms with Gasteiger partial charge in [0.25, 0.3) is 5.09 Å². The second-order valence-electron chi connectivity index (χ2n) is 13.1. The Morgan fingerprint density at radius 3 is 2.38 bits per heavy atom. The predicted molar refractivity (Wildman–Crippen MR) is 152 cm³/mol. The summed E-state index contributed by atoms with van der Waals surface area (Å²) >= 11 is 0. The minimum Gasteiger partial charge on any atom is -0.508 e. The van der Waals surface area contributed by atoms with Crippen LogP contribution in [0.25, 0.3) is 0 Å². The number of phenolic OH excluding ortho intramolecular Hbond substituents is 1. The third kappa shape index (κ3) is 7.72. The maximum atomic E-state index is 12.9. The highest BCUT2D eigenvalue weighted by molar-refractivity contribution is 5.86. The van der Waals surface area contributed by atoms with Gasteiger partial charge in [-0.3, -0.25) is 9.59 Å². The van der Waals surface area contributed by atoms with Crippen LogP contribution in [-0.4, -0.2) is 41.0 Å². The normalized spacial score (nSPS) is 21.7. The highest BCUT2D eigenvalue weighted by atomic mass is 16.9. The summed E-state index contributed by atoms with van der Waals surface area (Å²) in [5.41, 5.74) is 0.509. The van der Waals surface area contributed by atoms with Gasteiger partial charge in [0.2, 0.25) is 6.29 Å². The van der Waals surface area contributed by atoms with Gasteiger partial charge in [-0.1, -0.05) is 60.8 Å². The molecule has 11 heteroatoms. The maximum absolute atomic E-state index is 12.9. The van der Waals surface area contributed by atoms with Crippen LogP contribution in [0.5, 0.6) is 11.5 Å². The Balaban J connectivity index is 1.82. The molecule has 0 aromatic heterocycles. The first kappa shape index (κ1) is 33.1. The molecule has 1 aromatic rings. The molecule has 11 nitrogen and oxygen atoms in total. The number of rotatable bonds is 14. The van der Waals surface area contributed by atoms with Crippen molar-refractivity contribution in [2.24, 2.45) is 23.2 Å². The molecule has 42 heavy (non-hydrogen) atoms. The summed E-state index contributed by atoms with van der Waals surface area (Å²) in [5, 5.41) is 20.9. The van der Waals surface area contributed by atoms with Gasteiger partial charge in [0, 0.05) is 30.7 Å². The van der Waals surface area contributed by atoms with Gasteiger partial charge in [-0.25, -0.2) is 4.79 Å². The van der Waals surface area contributed by atoms with Crippen molar-refractivity contribution in [1.29, 1.82) is 0 Å². The van der Waals surface area contributed by atoms with Crippen LogP contribution < -0.4 is 4.74 Å². The largest absolute Gasteiger partial charge is 0.516 e. The molecule has 0 heterocycles. The van der Waals surface area contributed by atoms with E-state index in [1.807, 2.05) is 13.8 Å². The molecule has 0 aliphatic heterocycles. The molecule has 3 aliphatic rings. The fourth-order valence-electron chi connectivity index (χ4n) is 6.33. The average Bonchev–Trinajstić information content (AvgIpc) is 2.86. The van der Waals surface area contributed by atoms with Crippen LogP contribution in [-0.2, 0) is 29.3 Å². The van der Waals surface area contributed by atoms with Crippen LogP contribution in [0.3, 0.4) is 0 Å². The Bertz CT molecular complexity index is 1170. The number of carbonyl (C=O) groups is 3. The molecule has 2 bridgehead atoms. The van der Waals surface area contributed by atoms with Gasteiger partial charge in [0.1, 0.15) is 17.3 Å². The number of benzene rings is 1. The number of hydrogen-bond donors (Lipinski definition) is 1. The highest BCUT2D eigenvalue weighted by Crippen LogP contribution is 2.64. The lowest BCUT2D eigenvalue weighted by Gasteiger charge is -2.59. The topological polar surface area (TPSA) is 152 Å². The number of hydrogen-bond acceptors (Lipinski definition) is 10. The lowest BCUT2D eigenvalue weighted by molar-refractivity contribution is -0.757. The Kier molecular flexibility index (Phi) is 10.5. The van der Waals surface area contributed by atoms with Gasteiger partial charge in [0.05, 0.1) is 12.5 Å². The van der Waals surface area contributed by atoms with Crippen LogP contribution in [0.1, 0.15) is 110 Å². The van der Waals surface area contributed by atoms with Gasteiger partial charge in [-0.05, 0) is 53.7 Å². The second kappa shape index (κ2) is 13.3. The molecule has 0 amide bonds. The van der Waals surface area contributed by atoms with Crippen molar-refractivity contribution in [2.75, 3.05) is 6.61 Å². The van der Waals surface area contributed by atoms with E-state index in [0.717, 1.165) is 37.7 Å². The molecule has 1 unspecified atom stereocenters. The monoisotopic (exact) mass is 591 g/mol. The van der Waals surface area contributed by atoms with Gasteiger partial charge >= 0.3 is 12.1 Å². The number of aromatic hydroxyl groups is 1. The van der Waals surface area contributed by atoms with E-state index in [4.69, 9.17) is 14.2 Å². The first-order valence-corrected chi connectivity index (χ1v) is 14.8. The van der Waals surface area contributed by atoms with E-state index in [9.17, 15) is 29.6 Å². The van der Waals surface area contributed by atoms with E-state index in [2.05, 4.69) is 18.7 Å².